The molecule has 2 N–H and O–H groups in total. The predicted molar refractivity (Wildman–Crippen MR) is 105 cm³/mol. The van der Waals surface area contributed by atoms with Gasteiger partial charge in [0, 0.05) is 0 Å². The minimum absolute atomic E-state index is 0.204. The SMILES string of the molecule is CCOc1ccccc1NC(=O)C(=O)N/N=C\c1ccc(OCC(=O)[O-])c(OC)c1. The van der Waals surface area contributed by atoms with Crippen molar-refractivity contribution < 1.29 is 33.7 Å². The summed E-state index contributed by atoms with van der Waals surface area (Å²) >= 11 is 0. The van der Waals surface area contributed by atoms with Crippen molar-refractivity contribution in [3.05, 3.63) is 48.0 Å². The standard InChI is InChI=1S/C20H21N3O7/c1-3-29-15-7-5-4-6-14(15)22-19(26)20(27)23-21-11-13-8-9-16(17(10-13)28-2)30-12-18(24)25/h4-11H,3,12H2,1-2H3,(H,22,26)(H,23,27)(H,24,25)/p-1/b21-11-. The number of hydrazone groups is 1. The highest BCUT2D eigenvalue weighted by Gasteiger charge is 2.15. The van der Waals surface area contributed by atoms with E-state index < -0.39 is 24.4 Å². The van der Waals surface area contributed by atoms with E-state index in [-0.39, 0.29) is 11.5 Å². The summed E-state index contributed by atoms with van der Waals surface area (Å²) in [6.45, 7) is 1.59. The molecule has 0 aliphatic carbocycles. The number of anilines is 1. The summed E-state index contributed by atoms with van der Waals surface area (Å²) in [7, 11) is 1.38. The number of para-hydroxylation sites is 2. The molecule has 0 fully saturated rings. The second-order valence-corrected chi connectivity index (χ2v) is 5.65. The predicted octanol–water partition coefficient (Wildman–Crippen LogP) is 0.311. The molecule has 0 radical (unpaired) electrons. The average molecular weight is 414 g/mol. The van der Waals surface area contributed by atoms with Crippen molar-refractivity contribution in [1.82, 2.24) is 5.43 Å². The van der Waals surface area contributed by atoms with Gasteiger partial charge in [0.25, 0.3) is 0 Å². The van der Waals surface area contributed by atoms with Crippen LogP contribution in [-0.2, 0) is 14.4 Å². The van der Waals surface area contributed by atoms with E-state index in [4.69, 9.17) is 14.2 Å². The van der Waals surface area contributed by atoms with Crippen LogP contribution >= 0.6 is 0 Å². The molecule has 158 valence electrons. The van der Waals surface area contributed by atoms with E-state index in [1.165, 1.54) is 25.5 Å². The van der Waals surface area contributed by atoms with Gasteiger partial charge >= 0.3 is 11.8 Å². The second-order valence-electron chi connectivity index (χ2n) is 5.65. The maximum Gasteiger partial charge on any atom is 0.329 e. The number of carbonyl (C=O) groups is 3. The monoisotopic (exact) mass is 414 g/mol. The fourth-order valence-electron chi connectivity index (χ4n) is 2.27. The molecule has 10 heteroatoms. The molecule has 0 saturated carbocycles. The highest BCUT2D eigenvalue weighted by atomic mass is 16.5. The number of benzene rings is 2. The largest absolute Gasteiger partial charge is 0.546 e. The minimum atomic E-state index is -1.37. The molecule has 0 aliphatic rings. The Morgan fingerprint density at radius 2 is 1.80 bits per heavy atom. The van der Waals surface area contributed by atoms with Crippen molar-refractivity contribution in [3.63, 3.8) is 0 Å². The van der Waals surface area contributed by atoms with Crippen LogP contribution in [0.2, 0.25) is 0 Å². The lowest BCUT2D eigenvalue weighted by Gasteiger charge is -2.11. The highest BCUT2D eigenvalue weighted by Crippen LogP contribution is 2.27. The first-order chi connectivity index (χ1) is 14.4. The number of rotatable bonds is 9. The number of carbonyl (C=O) groups excluding carboxylic acids is 3. The Hall–Kier alpha value is -4.08. The van der Waals surface area contributed by atoms with E-state index in [2.05, 4.69) is 15.8 Å². The van der Waals surface area contributed by atoms with Gasteiger partial charge in [-0.25, -0.2) is 5.43 Å². The summed E-state index contributed by atoms with van der Waals surface area (Å²) in [5, 5.41) is 16.7. The molecule has 0 heterocycles. The quantitative estimate of drug-likeness (QED) is 0.342. The van der Waals surface area contributed by atoms with Crippen molar-refractivity contribution >= 4 is 29.7 Å². The first kappa shape index (κ1) is 22.2. The Morgan fingerprint density at radius 3 is 2.50 bits per heavy atom. The molecule has 2 rings (SSSR count). The minimum Gasteiger partial charge on any atom is -0.546 e. The smallest absolute Gasteiger partial charge is 0.329 e. The third-order valence-electron chi connectivity index (χ3n) is 3.55. The Bertz CT molecular complexity index is 944. The Labute approximate surface area is 172 Å². The number of amides is 2. The van der Waals surface area contributed by atoms with E-state index in [1.807, 2.05) is 0 Å². The van der Waals surface area contributed by atoms with Crippen molar-refractivity contribution in [3.8, 4) is 17.2 Å². The molecule has 0 unspecified atom stereocenters. The van der Waals surface area contributed by atoms with Crippen LogP contribution < -0.4 is 30.1 Å². The molecule has 0 aliphatic heterocycles. The number of hydrogen-bond donors (Lipinski definition) is 2. The van der Waals surface area contributed by atoms with Gasteiger partial charge in [-0.1, -0.05) is 12.1 Å². The molecule has 2 amide bonds. The number of carboxylic acid groups (broad SMARTS) is 1. The lowest BCUT2D eigenvalue weighted by atomic mass is 10.2. The normalized spacial score (nSPS) is 10.3. The van der Waals surface area contributed by atoms with Gasteiger partial charge in [-0.15, -0.1) is 0 Å². The van der Waals surface area contributed by atoms with Crippen molar-refractivity contribution in [2.24, 2.45) is 5.10 Å². The summed E-state index contributed by atoms with van der Waals surface area (Å²) in [6.07, 6.45) is 1.28. The topological polar surface area (TPSA) is 138 Å². The van der Waals surface area contributed by atoms with Gasteiger partial charge < -0.3 is 29.4 Å². The van der Waals surface area contributed by atoms with Gasteiger partial charge in [0.2, 0.25) is 0 Å². The lowest BCUT2D eigenvalue weighted by molar-refractivity contribution is -0.307. The van der Waals surface area contributed by atoms with E-state index in [1.54, 1.807) is 37.3 Å². The summed E-state index contributed by atoms with van der Waals surface area (Å²) in [5.41, 5.74) is 2.99. The third kappa shape index (κ3) is 6.51. The zero-order valence-corrected chi connectivity index (χ0v) is 16.3. The Kier molecular flexibility index (Phi) is 8.18. The number of methoxy groups -OCH3 is 1. The van der Waals surface area contributed by atoms with Gasteiger partial charge in [0.15, 0.2) is 11.5 Å². The van der Waals surface area contributed by atoms with Crippen LogP contribution in [-0.4, -0.2) is 44.3 Å². The molecule has 2 aromatic rings. The number of carboxylic acids is 1. The van der Waals surface area contributed by atoms with Crippen LogP contribution in [0.3, 0.4) is 0 Å². The summed E-state index contributed by atoms with van der Waals surface area (Å²) in [5.74, 6) is -2.35. The maximum absolute atomic E-state index is 12.0. The van der Waals surface area contributed by atoms with Gasteiger partial charge in [0.1, 0.15) is 12.4 Å². The molecule has 0 spiro atoms. The maximum atomic E-state index is 12.0. The van der Waals surface area contributed by atoms with Crippen molar-refractivity contribution in [2.45, 2.75) is 6.92 Å². The second kappa shape index (κ2) is 11.1. The average Bonchev–Trinajstić information content (AvgIpc) is 2.74. The molecule has 2 aromatic carbocycles. The van der Waals surface area contributed by atoms with Crippen LogP contribution in [0.25, 0.3) is 0 Å². The number of ether oxygens (including phenoxy) is 3. The molecule has 0 bridgehead atoms. The van der Waals surface area contributed by atoms with Gasteiger partial charge in [0.05, 0.1) is 31.6 Å². The number of aliphatic carboxylic acids is 1. The third-order valence-corrected chi connectivity index (χ3v) is 3.55. The summed E-state index contributed by atoms with van der Waals surface area (Å²) in [4.78, 5) is 34.5. The number of nitrogens with zero attached hydrogens (tertiary/aromatic N) is 1. The lowest BCUT2D eigenvalue weighted by Crippen LogP contribution is -2.32. The van der Waals surface area contributed by atoms with E-state index in [0.717, 1.165) is 0 Å². The molecular formula is C20H20N3O7-. The van der Waals surface area contributed by atoms with Crippen LogP contribution in [0, 0.1) is 0 Å². The van der Waals surface area contributed by atoms with Crippen molar-refractivity contribution in [1.29, 1.82) is 0 Å². The van der Waals surface area contributed by atoms with Crippen LogP contribution in [0.1, 0.15) is 12.5 Å². The number of nitrogens with one attached hydrogen (secondary N) is 2. The molecule has 0 aromatic heterocycles. The van der Waals surface area contributed by atoms with Gasteiger partial charge in [-0.3, -0.25) is 9.59 Å². The van der Waals surface area contributed by atoms with Gasteiger partial charge in [-0.05, 0) is 42.8 Å². The van der Waals surface area contributed by atoms with Gasteiger partial charge in [-0.2, -0.15) is 5.10 Å². The highest BCUT2D eigenvalue weighted by molar-refractivity contribution is 6.39. The van der Waals surface area contributed by atoms with Crippen LogP contribution in [0.4, 0.5) is 5.69 Å². The first-order valence-electron chi connectivity index (χ1n) is 8.81. The fraction of sp³-hybridized carbons (Fsp3) is 0.200. The van der Waals surface area contributed by atoms with Crippen molar-refractivity contribution in [2.75, 3.05) is 25.6 Å². The van der Waals surface area contributed by atoms with Crippen LogP contribution in [0.15, 0.2) is 47.6 Å². The molecule has 0 atom stereocenters. The van der Waals surface area contributed by atoms with E-state index in [9.17, 15) is 19.5 Å². The zero-order chi connectivity index (χ0) is 21.9. The zero-order valence-electron chi connectivity index (χ0n) is 16.3. The molecule has 10 nitrogen and oxygen atoms in total. The first-order valence-corrected chi connectivity index (χ1v) is 8.81. The Balaban J connectivity index is 1.96. The number of hydrogen-bond acceptors (Lipinski definition) is 8. The molecule has 0 saturated heterocycles. The summed E-state index contributed by atoms with van der Waals surface area (Å²) in [6, 6.07) is 11.3. The fourth-order valence-corrected chi connectivity index (χ4v) is 2.27. The van der Waals surface area contributed by atoms with Crippen LogP contribution in [0.5, 0.6) is 17.2 Å². The van der Waals surface area contributed by atoms with E-state index >= 15 is 0 Å². The molecular weight excluding hydrogens is 394 g/mol. The molecule has 30 heavy (non-hydrogen) atoms. The Morgan fingerprint density at radius 1 is 1.03 bits per heavy atom. The van der Waals surface area contributed by atoms with E-state index in [0.29, 0.717) is 23.6 Å². The summed E-state index contributed by atoms with van der Waals surface area (Å²) < 4.78 is 15.5.